The third kappa shape index (κ3) is 4.66. The summed E-state index contributed by atoms with van der Waals surface area (Å²) in [6.45, 7) is 7.58. The van der Waals surface area contributed by atoms with Gasteiger partial charge in [0, 0.05) is 24.8 Å². The molecule has 0 aromatic carbocycles. The second kappa shape index (κ2) is 8.80. The van der Waals surface area contributed by atoms with Crippen molar-refractivity contribution in [1.29, 1.82) is 0 Å². The van der Waals surface area contributed by atoms with Gasteiger partial charge in [-0.25, -0.2) is 0 Å². The van der Waals surface area contributed by atoms with Crippen LogP contribution in [0.2, 0.25) is 0 Å². The van der Waals surface area contributed by atoms with Crippen LogP contribution in [0.15, 0.2) is 49.1 Å². The molecule has 12 nitrogen and oxygen atoms in total. The monoisotopic (exact) mass is 468 g/mol. The molecule has 0 spiro atoms. The Labute approximate surface area is 195 Å². The zero-order chi connectivity index (χ0) is 23.8. The molecule has 180 valence electrons. The zero-order valence-electron chi connectivity index (χ0n) is 19.4. The van der Waals surface area contributed by atoms with Crippen LogP contribution in [-0.2, 0) is 18.9 Å². The second-order valence-electron chi connectivity index (χ2n) is 9.00. The summed E-state index contributed by atoms with van der Waals surface area (Å²) in [6.07, 6.45) is 6.01. The molecular weight excluding hydrogens is 440 g/mol. The predicted octanol–water partition coefficient (Wildman–Crippen LogP) is 3.40. The van der Waals surface area contributed by atoms with Gasteiger partial charge < -0.3 is 18.9 Å². The Kier molecular flexibility index (Phi) is 5.81. The van der Waals surface area contributed by atoms with E-state index in [1.54, 1.807) is 24.8 Å². The van der Waals surface area contributed by atoms with E-state index in [-0.39, 0.29) is 24.4 Å². The number of ether oxygens (including phenoxy) is 4. The van der Waals surface area contributed by atoms with Gasteiger partial charge in [-0.3, -0.25) is 20.4 Å². The number of hydrogen-bond donors (Lipinski definition) is 4. The summed E-state index contributed by atoms with van der Waals surface area (Å²) in [5.41, 5.74) is 3.59. The summed E-state index contributed by atoms with van der Waals surface area (Å²) < 4.78 is 23.6. The molecule has 0 bridgehead atoms. The van der Waals surface area contributed by atoms with Gasteiger partial charge in [-0.15, -0.1) is 0 Å². The van der Waals surface area contributed by atoms with Crippen molar-refractivity contribution in [3.63, 3.8) is 0 Å². The van der Waals surface area contributed by atoms with Crippen LogP contribution in [0.1, 0.15) is 74.9 Å². The van der Waals surface area contributed by atoms with Gasteiger partial charge in [0.15, 0.2) is 11.6 Å². The lowest BCUT2D eigenvalue weighted by Crippen LogP contribution is -2.20. The highest BCUT2D eigenvalue weighted by atomic mass is 16.8. The number of aromatic nitrogens is 8. The third-order valence-corrected chi connectivity index (χ3v) is 5.51. The molecule has 0 unspecified atom stereocenters. The number of hydrogen-bond acceptors (Lipinski definition) is 8. The lowest BCUT2D eigenvalue weighted by molar-refractivity contribution is -0.148. The fraction of sp³-hybridized carbons (Fsp3) is 0.455. The van der Waals surface area contributed by atoms with Crippen molar-refractivity contribution >= 4 is 0 Å². The van der Waals surface area contributed by atoms with Gasteiger partial charge in [-0.1, -0.05) is 0 Å². The van der Waals surface area contributed by atoms with Gasteiger partial charge in [-0.2, -0.15) is 20.4 Å². The molecule has 0 saturated carbocycles. The fourth-order valence-corrected chi connectivity index (χ4v) is 4.13. The van der Waals surface area contributed by atoms with Crippen LogP contribution in [0, 0.1) is 0 Å². The number of aromatic amines is 4. The van der Waals surface area contributed by atoms with Crippen LogP contribution in [0.5, 0.6) is 0 Å². The summed E-state index contributed by atoms with van der Waals surface area (Å²) in [5, 5.41) is 27.5. The van der Waals surface area contributed by atoms with Gasteiger partial charge >= 0.3 is 0 Å². The maximum atomic E-state index is 5.89. The van der Waals surface area contributed by atoms with E-state index in [1.165, 1.54) is 0 Å². The summed E-state index contributed by atoms with van der Waals surface area (Å²) >= 11 is 0. The molecule has 4 N–H and O–H groups in total. The normalized spacial score (nSPS) is 27.4. The van der Waals surface area contributed by atoms with E-state index in [2.05, 4.69) is 40.8 Å². The van der Waals surface area contributed by atoms with Gasteiger partial charge in [0.1, 0.15) is 24.4 Å². The number of rotatable bonds is 4. The Bertz CT molecular complexity index is 959. The number of nitrogens with one attached hydrogen (secondary N) is 4. The highest BCUT2D eigenvalue weighted by molar-refractivity contribution is 5.15. The molecule has 6 heterocycles. The Morgan fingerprint density at radius 2 is 0.735 bits per heavy atom. The standard InChI is InChI=1S/2C11H14N4O2/c2*1-11(2)16-9(7-3-5-12-14-7)10(17-11)8-4-6-13-15-8/h2*3-6,9-10H,1-2H3,(H,12,14)(H,13,15)/t2*9-,10-/m00/s1. The van der Waals surface area contributed by atoms with E-state index < -0.39 is 11.6 Å². The van der Waals surface area contributed by atoms with Gasteiger partial charge in [0.05, 0.1) is 22.8 Å². The Hall–Kier alpha value is -3.32. The van der Waals surface area contributed by atoms with Gasteiger partial charge in [-0.05, 0) is 52.0 Å². The molecule has 0 aliphatic carbocycles. The minimum Gasteiger partial charge on any atom is -0.338 e. The van der Waals surface area contributed by atoms with E-state index in [9.17, 15) is 0 Å². The smallest absolute Gasteiger partial charge is 0.164 e. The molecule has 0 amide bonds. The Morgan fingerprint density at radius 3 is 0.912 bits per heavy atom. The van der Waals surface area contributed by atoms with Crippen LogP contribution in [0.3, 0.4) is 0 Å². The van der Waals surface area contributed by atoms with Crippen LogP contribution >= 0.6 is 0 Å². The van der Waals surface area contributed by atoms with Crippen molar-refractivity contribution in [2.75, 3.05) is 0 Å². The molecule has 2 fully saturated rings. The molecule has 34 heavy (non-hydrogen) atoms. The number of H-pyrrole nitrogens is 4. The van der Waals surface area contributed by atoms with Crippen molar-refractivity contribution < 1.29 is 18.9 Å². The van der Waals surface area contributed by atoms with E-state index in [1.807, 2.05) is 52.0 Å². The fourth-order valence-electron chi connectivity index (χ4n) is 4.13. The first-order valence-electron chi connectivity index (χ1n) is 11.0. The van der Waals surface area contributed by atoms with Crippen molar-refractivity contribution in [3.8, 4) is 0 Å². The van der Waals surface area contributed by atoms with E-state index in [0.717, 1.165) is 22.8 Å². The third-order valence-electron chi connectivity index (χ3n) is 5.51. The molecule has 2 aliphatic rings. The summed E-state index contributed by atoms with van der Waals surface area (Å²) in [7, 11) is 0. The molecule has 6 rings (SSSR count). The largest absolute Gasteiger partial charge is 0.338 e. The average Bonchev–Trinajstić information content (AvgIpc) is 3.63. The maximum Gasteiger partial charge on any atom is 0.164 e. The lowest BCUT2D eigenvalue weighted by atomic mass is 10.1. The molecule has 12 heteroatoms. The van der Waals surface area contributed by atoms with E-state index in [4.69, 9.17) is 18.9 Å². The Morgan fingerprint density at radius 1 is 0.500 bits per heavy atom. The topological polar surface area (TPSA) is 152 Å². The van der Waals surface area contributed by atoms with Crippen molar-refractivity contribution in [3.05, 3.63) is 71.8 Å². The van der Waals surface area contributed by atoms with E-state index >= 15 is 0 Å². The second-order valence-corrected chi connectivity index (χ2v) is 9.00. The molecule has 4 aromatic heterocycles. The van der Waals surface area contributed by atoms with Crippen LogP contribution in [0.25, 0.3) is 0 Å². The molecule has 0 radical (unpaired) electrons. The summed E-state index contributed by atoms with van der Waals surface area (Å²) in [4.78, 5) is 0. The summed E-state index contributed by atoms with van der Waals surface area (Å²) in [5.74, 6) is -1.24. The first-order chi connectivity index (χ1) is 16.3. The van der Waals surface area contributed by atoms with Crippen LogP contribution in [-0.4, -0.2) is 52.4 Å². The first kappa shape index (κ1) is 22.5. The highest BCUT2D eigenvalue weighted by Gasteiger charge is 2.45. The van der Waals surface area contributed by atoms with Crippen LogP contribution in [0.4, 0.5) is 0 Å². The SMILES string of the molecule is CC1(C)O[C@@H](c2ccn[nH]2)[C@H](c2ccn[nH]2)O1.CC1(C)O[C@@H](c2ccn[nH]2)[C@H](c2ccn[nH]2)O1. The highest BCUT2D eigenvalue weighted by Crippen LogP contribution is 2.46. The zero-order valence-corrected chi connectivity index (χ0v) is 19.4. The molecule has 4 atom stereocenters. The van der Waals surface area contributed by atoms with E-state index in [0.29, 0.717) is 0 Å². The minimum absolute atomic E-state index is 0.201. The van der Waals surface area contributed by atoms with Crippen molar-refractivity contribution in [2.45, 2.75) is 63.7 Å². The Balaban J connectivity index is 0.000000142. The first-order valence-corrected chi connectivity index (χ1v) is 11.0. The number of nitrogens with zero attached hydrogens (tertiary/aromatic N) is 4. The predicted molar refractivity (Wildman–Crippen MR) is 118 cm³/mol. The minimum atomic E-state index is -0.619. The van der Waals surface area contributed by atoms with Crippen molar-refractivity contribution in [2.24, 2.45) is 0 Å². The lowest BCUT2D eigenvalue weighted by Gasteiger charge is -2.16. The summed E-state index contributed by atoms with van der Waals surface area (Å²) in [6, 6.07) is 7.55. The van der Waals surface area contributed by atoms with Gasteiger partial charge in [0.25, 0.3) is 0 Å². The quantitative estimate of drug-likeness (QED) is 0.356. The van der Waals surface area contributed by atoms with Crippen LogP contribution < -0.4 is 0 Å². The molecule has 2 aliphatic heterocycles. The maximum absolute atomic E-state index is 5.89. The molecule has 4 aromatic rings. The average molecular weight is 469 g/mol. The van der Waals surface area contributed by atoms with Crippen molar-refractivity contribution in [1.82, 2.24) is 40.8 Å². The molecule has 2 saturated heterocycles. The molecular formula is C22H28N8O4. The van der Waals surface area contributed by atoms with Gasteiger partial charge in [0.2, 0.25) is 0 Å².